The lowest BCUT2D eigenvalue weighted by Crippen LogP contribution is -2.28. The van der Waals surface area contributed by atoms with Gasteiger partial charge < -0.3 is 15.8 Å². The van der Waals surface area contributed by atoms with Crippen LogP contribution in [-0.4, -0.2) is 31.2 Å². The number of anilines is 1. The van der Waals surface area contributed by atoms with Crippen LogP contribution >= 0.6 is 0 Å². The maximum atomic E-state index is 14.2. The number of carbonyl (C=O) groups is 1. The Morgan fingerprint density at radius 1 is 1.42 bits per heavy atom. The number of hydrogen-bond donors (Lipinski definition) is 2. The number of ether oxygens (including phenoxy) is 1. The lowest BCUT2D eigenvalue weighted by atomic mass is 9.91. The van der Waals surface area contributed by atoms with Crippen molar-refractivity contribution in [1.29, 1.82) is 0 Å². The van der Waals surface area contributed by atoms with E-state index < -0.39 is 11.8 Å². The number of methoxy groups -OCH3 is 1. The van der Waals surface area contributed by atoms with Crippen molar-refractivity contribution < 1.29 is 13.9 Å². The van der Waals surface area contributed by atoms with Crippen molar-refractivity contribution in [2.45, 2.75) is 18.8 Å². The summed E-state index contributed by atoms with van der Waals surface area (Å²) >= 11 is 0. The van der Waals surface area contributed by atoms with Gasteiger partial charge in [0.05, 0.1) is 12.7 Å². The summed E-state index contributed by atoms with van der Waals surface area (Å²) in [6.45, 7) is 1.94. The Hall–Kier alpha value is -2.47. The third kappa shape index (κ3) is 3.23. The molecule has 24 heavy (non-hydrogen) atoms. The van der Waals surface area contributed by atoms with Gasteiger partial charge in [-0.1, -0.05) is 6.07 Å². The molecule has 1 aromatic carbocycles. The molecule has 1 aromatic heterocycles. The predicted molar refractivity (Wildman–Crippen MR) is 90.2 cm³/mol. The zero-order valence-electron chi connectivity index (χ0n) is 13.5. The van der Waals surface area contributed by atoms with E-state index in [1.165, 1.54) is 19.2 Å². The van der Waals surface area contributed by atoms with Crippen molar-refractivity contribution in [1.82, 2.24) is 10.3 Å². The average Bonchev–Trinajstić information content (AvgIpc) is 2.62. The molecule has 0 radical (unpaired) electrons. The van der Waals surface area contributed by atoms with E-state index in [2.05, 4.69) is 15.0 Å². The van der Waals surface area contributed by atoms with Crippen LogP contribution in [0.1, 0.15) is 34.7 Å². The molecule has 3 rings (SSSR count). The normalized spacial score (nSPS) is 17.5. The first kappa shape index (κ1) is 16.4. The molecule has 0 saturated carbocycles. The highest BCUT2D eigenvalue weighted by Gasteiger charge is 2.18. The Bertz CT molecular complexity index is 758. The highest BCUT2D eigenvalue weighted by Crippen LogP contribution is 2.31. The highest BCUT2D eigenvalue weighted by molar-refractivity contribution is 5.90. The van der Waals surface area contributed by atoms with Crippen molar-refractivity contribution >= 4 is 11.8 Å². The first-order valence-corrected chi connectivity index (χ1v) is 7.94. The summed E-state index contributed by atoms with van der Waals surface area (Å²) in [5.74, 6) is -0.617. The number of benzene rings is 1. The van der Waals surface area contributed by atoms with E-state index in [1.54, 1.807) is 12.3 Å². The molecule has 1 unspecified atom stereocenters. The minimum absolute atomic E-state index is 0.0968. The first-order chi connectivity index (χ1) is 11.6. The van der Waals surface area contributed by atoms with Gasteiger partial charge in [0.1, 0.15) is 11.6 Å². The molecular weight excluding hydrogens is 309 g/mol. The highest BCUT2D eigenvalue weighted by atomic mass is 19.1. The molecule has 1 atom stereocenters. The van der Waals surface area contributed by atoms with E-state index in [4.69, 9.17) is 5.73 Å². The van der Waals surface area contributed by atoms with Crippen LogP contribution < -0.4 is 11.1 Å². The Labute approximate surface area is 140 Å². The van der Waals surface area contributed by atoms with E-state index in [-0.39, 0.29) is 5.56 Å². The van der Waals surface area contributed by atoms with Gasteiger partial charge in [-0.15, -0.1) is 0 Å². The van der Waals surface area contributed by atoms with Gasteiger partial charge in [-0.2, -0.15) is 0 Å². The number of esters is 1. The summed E-state index contributed by atoms with van der Waals surface area (Å²) in [6.07, 6.45) is 4.00. The molecule has 0 spiro atoms. The molecule has 3 N–H and O–H groups in total. The summed E-state index contributed by atoms with van der Waals surface area (Å²) < 4.78 is 18.7. The molecule has 0 amide bonds. The number of hydrogen-bond acceptors (Lipinski definition) is 5. The predicted octanol–water partition coefficient (Wildman–Crippen LogP) is 2.72. The smallest absolute Gasteiger partial charge is 0.340 e. The van der Waals surface area contributed by atoms with Gasteiger partial charge in [-0.05, 0) is 54.6 Å². The summed E-state index contributed by atoms with van der Waals surface area (Å²) in [6, 6.07) is 6.32. The Morgan fingerprint density at radius 3 is 2.92 bits per heavy atom. The maximum Gasteiger partial charge on any atom is 0.340 e. The first-order valence-electron chi connectivity index (χ1n) is 7.94. The van der Waals surface area contributed by atoms with Gasteiger partial charge in [0.2, 0.25) is 0 Å². The molecule has 0 bridgehead atoms. The Kier molecular flexibility index (Phi) is 4.76. The zero-order valence-corrected chi connectivity index (χ0v) is 13.5. The molecule has 6 heteroatoms. The van der Waals surface area contributed by atoms with Gasteiger partial charge >= 0.3 is 5.97 Å². The van der Waals surface area contributed by atoms with Crippen molar-refractivity contribution in [3.8, 4) is 11.1 Å². The second-order valence-corrected chi connectivity index (χ2v) is 5.93. The summed E-state index contributed by atoms with van der Waals surface area (Å²) in [5.41, 5.74) is 8.24. The topological polar surface area (TPSA) is 77.2 Å². The van der Waals surface area contributed by atoms with Crippen molar-refractivity contribution in [2.75, 3.05) is 25.9 Å². The summed E-state index contributed by atoms with van der Waals surface area (Å²) in [5, 5.41) is 3.37. The van der Waals surface area contributed by atoms with E-state index in [9.17, 15) is 9.18 Å². The fourth-order valence-corrected chi connectivity index (χ4v) is 3.04. The molecule has 1 saturated heterocycles. The van der Waals surface area contributed by atoms with Gasteiger partial charge in [0, 0.05) is 18.3 Å². The van der Waals surface area contributed by atoms with E-state index >= 15 is 0 Å². The number of nitrogens with two attached hydrogens (primary N) is 1. The van der Waals surface area contributed by atoms with Gasteiger partial charge in [0.25, 0.3) is 0 Å². The molecule has 1 aliphatic heterocycles. The van der Waals surface area contributed by atoms with Crippen LogP contribution in [0, 0.1) is 5.82 Å². The molecule has 1 aliphatic rings. The number of nitrogens with zero attached hydrogens (tertiary/aromatic N) is 1. The summed E-state index contributed by atoms with van der Waals surface area (Å²) in [4.78, 5) is 15.8. The molecule has 0 aliphatic carbocycles. The molecular formula is C18H20FN3O2. The molecule has 2 aromatic rings. The number of nitrogens with one attached hydrogen (secondary N) is 1. The SMILES string of the molecule is COC(=O)c1ccc(-c2cc(C3CCCNC3)cnc2N)cc1F. The lowest BCUT2D eigenvalue weighted by Gasteiger charge is -2.23. The number of rotatable bonds is 3. The van der Waals surface area contributed by atoms with Crippen LogP contribution in [-0.2, 0) is 4.74 Å². The third-order valence-electron chi connectivity index (χ3n) is 4.39. The lowest BCUT2D eigenvalue weighted by molar-refractivity contribution is 0.0595. The van der Waals surface area contributed by atoms with Gasteiger partial charge in [-0.3, -0.25) is 0 Å². The van der Waals surface area contributed by atoms with E-state index in [0.717, 1.165) is 31.5 Å². The van der Waals surface area contributed by atoms with Crippen LogP contribution in [0.3, 0.4) is 0 Å². The minimum atomic E-state index is -0.702. The molecule has 126 valence electrons. The fraction of sp³-hybridized carbons (Fsp3) is 0.333. The number of aromatic nitrogens is 1. The average molecular weight is 329 g/mol. The molecule has 2 heterocycles. The van der Waals surface area contributed by atoms with Crippen LogP contribution in [0.4, 0.5) is 10.2 Å². The third-order valence-corrected chi connectivity index (χ3v) is 4.39. The number of nitrogen functional groups attached to an aromatic ring is 1. The Morgan fingerprint density at radius 2 is 2.25 bits per heavy atom. The maximum absolute atomic E-state index is 14.2. The monoisotopic (exact) mass is 329 g/mol. The second kappa shape index (κ2) is 6.97. The minimum Gasteiger partial charge on any atom is -0.465 e. The number of piperidine rings is 1. The molecule has 1 fully saturated rings. The number of carbonyl (C=O) groups excluding carboxylic acids is 1. The number of pyridine rings is 1. The summed E-state index contributed by atoms with van der Waals surface area (Å²) in [7, 11) is 1.22. The van der Waals surface area contributed by atoms with Crippen LogP contribution in [0.2, 0.25) is 0 Å². The van der Waals surface area contributed by atoms with Crippen LogP contribution in [0.5, 0.6) is 0 Å². The van der Waals surface area contributed by atoms with Crippen molar-refractivity contribution in [3.63, 3.8) is 0 Å². The standard InChI is InChI=1S/C18H20FN3O2/c1-24-18(23)14-5-4-11(8-16(14)19)15-7-13(10-22-17(15)20)12-3-2-6-21-9-12/h4-5,7-8,10,12,21H,2-3,6,9H2,1H3,(H2,20,22). The van der Waals surface area contributed by atoms with Gasteiger partial charge in [0.15, 0.2) is 0 Å². The Balaban J connectivity index is 1.96. The quantitative estimate of drug-likeness (QED) is 0.847. The molecule has 5 nitrogen and oxygen atoms in total. The van der Waals surface area contributed by atoms with Gasteiger partial charge in [-0.25, -0.2) is 14.2 Å². The van der Waals surface area contributed by atoms with Crippen molar-refractivity contribution in [3.05, 3.63) is 47.4 Å². The number of halogens is 1. The van der Waals surface area contributed by atoms with Crippen molar-refractivity contribution in [2.24, 2.45) is 0 Å². The van der Waals surface area contributed by atoms with Crippen LogP contribution in [0.25, 0.3) is 11.1 Å². The zero-order chi connectivity index (χ0) is 17.1. The van der Waals surface area contributed by atoms with E-state index in [0.29, 0.717) is 22.9 Å². The van der Waals surface area contributed by atoms with E-state index in [1.807, 2.05) is 6.07 Å². The fourth-order valence-electron chi connectivity index (χ4n) is 3.04. The van der Waals surface area contributed by atoms with Crippen LogP contribution in [0.15, 0.2) is 30.5 Å². The second-order valence-electron chi connectivity index (χ2n) is 5.93. The largest absolute Gasteiger partial charge is 0.465 e.